The van der Waals surface area contributed by atoms with Gasteiger partial charge in [0.2, 0.25) is 0 Å². The van der Waals surface area contributed by atoms with Crippen molar-refractivity contribution in [2.45, 2.75) is 4.90 Å². The highest BCUT2D eigenvalue weighted by Gasteiger charge is 2.22. The highest BCUT2D eigenvalue weighted by atomic mass is 32.2. The van der Waals surface area contributed by atoms with Crippen molar-refractivity contribution in [3.8, 4) is 11.1 Å². The Morgan fingerprint density at radius 2 is 1.76 bits per heavy atom. The van der Waals surface area contributed by atoms with Crippen LogP contribution in [0.1, 0.15) is 0 Å². The Bertz CT molecular complexity index is 1050. The van der Waals surface area contributed by atoms with Gasteiger partial charge in [0.05, 0.1) is 5.69 Å². The second-order valence-corrected chi connectivity index (χ2v) is 6.85. The highest BCUT2D eigenvalue weighted by molar-refractivity contribution is 7.92. The summed E-state index contributed by atoms with van der Waals surface area (Å²) in [4.78, 5) is 2.37. The number of sulfonamides is 1. The summed E-state index contributed by atoms with van der Waals surface area (Å²) in [6, 6.07) is 6.65. The quantitative estimate of drug-likeness (QED) is 0.701. The molecule has 0 unspecified atom stereocenters. The van der Waals surface area contributed by atoms with Gasteiger partial charge >= 0.3 is 0 Å². The number of hydrogen-bond donors (Lipinski definition) is 2. The number of anilines is 1. The van der Waals surface area contributed by atoms with Crippen LogP contribution in [0, 0.1) is 17.5 Å². The second-order valence-electron chi connectivity index (χ2n) is 5.20. The van der Waals surface area contributed by atoms with Crippen LogP contribution in [0.5, 0.6) is 0 Å². The minimum absolute atomic E-state index is 0.184. The zero-order valence-electron chi connectivity index (χ0n) is 12.6. The van der Waals surface area contributed by atoms with Gasteiger partial charge in [0, 0.05) is 24.0 Å². The molecule has 0 amide bonds. The number of H-pyrrole nitrogens is 1. The van der Waals surface area contributed by atoms with Gasteiger partial charge in [-0.1, -0.05) is 17.6 Å². The van der Waals surface area contributed by atoms with Crippen molar-refractivity contribution in [1.29, 1.82) is 0 Å². The molecule has 0 atom stereocenters. The minimum atomic E-state index is -4.26. The molecule has 9 heteroatoms. The van der Waals surface area contributed by atoms with Gasteiger partial charge in [-0.3, -0.25) is 4.72 Å². The first-order valence-corrected chi connectivity index (χ1v) is 8.46. The summed E-state index contributed by atoms with van der Waals surface area (Å²) in [5.41, 5.74) is -0.533. The fraction of sp³-hybridized carbons (Fsp3) is 0. The monoisotopic (exact) mass is 362 g/mol. The molecule has 0 aliphatic heterocycles. The maximum absolute atomic E-state index is 13.8. The van der Waals surface area contributed by atoms with Gasteiger partial charge in [-0.05, 0) is 23.8 Å². The predicted octanol–water partition coefficient (Wildman–Crippen LogP) is 2.69. The summed E-state index contributed by atoms with van der Waals surface area (Å²) < 4.78 is 67.8. The fourth-order valence-electron chi connectivity index (χ4n) is 2.29. The topological polar surface area (TPSA) is 62.0 Å². The number of benzene rings is 2. The SMILES string of the molecule is [B]c1cc(F)c(NS(=O)(=O)c2c[nH]cc2-c2cccc(F)c2)cc1F. The van der Waals surface area contributed by atoms with E-state index in [9.17, 15) is 21.6 Å². The third-order valence-electron chi connectivity index (χ3n) is 3.46. The molecule has 0 saturated carbocycles. The predicted molar refractivity (Wildman–Crippen MR) is 88.7 cm³/mol. The van der Waals surface area contributed by atoms with Crippen LogP contribution in [0.3, 0.4) is 0 Å². The van der Waals surface area contributed by atoms with Gasteiger partial charge in [0.15, 0.2) is 0 Å². The number of halogens is 3. The molecule has 1 heterocycles. The molecule has 25 heavy (non-hydrogen) atoms. The molecule has 3 aromatic rings. The average Bonchev–Trinajstić information content (AvgIpc) is 3.03. The molecular weight excluding hydrogens is 352 g/mol. The van der Waals surface area contributed by atoms with Gasteiger partial charge in [-0.2, -0.15) is 0 Å². The van der Waals surface area contributed by atoms with Crippen LogP contribution in [0.25, 0.3) is 11.1 Å². The molecule has 126 valence electrons. The summed E-state index contributed by atoms with van der Waals surface area (Å²) in [6.07, 6.45) is 2.53. The lowest BCUT2D eigenvalue weighted by atomic mass is 9.95. The molecule has 0 saturated heterocycles. The molecule has 0 aliphatic rings. The Morgan fingerprint density at radius 1 is 1.00 bits per heavy atom. The minimum Gasteiger partial charge on any atom is -0.366 e. The summed E-state index contributed by atoms with van der Waals surface area (Å²) in [5, 5.41) is 0. The third-order valence-corrected chi connectivity index (χ3v) is 4.87. The number of nitrogens with one attached hydrogen (secondary N) is 2. The lowest BCUT2D eigenvalue weighted by Gasteiger charge is -2.11. The first kappa shape index (κ1) is 17.2. The summed E-state index contributed by atoms with van der Waals surface area (Å²) in [6.45, 7) is 0. The average molecular weight is 362 g/mol. The molecule has 0 spiro atoms. The second kappa shape index (κ2) is 6.32. The summed E-state index contributed by atoms with van der Waals surface area (Å²) in [5.74, 6) is -2.52. The van der Waals surface area contributed by atoms with Crippen molar-refractivity contribution in [3.63, 3.8) is 0 Å². The van der Waals surface area contributed by atoms with E-state index in [1.807, 2.05) is 4.72 Å². The zero-order chi connectivity index (χ0) is 18.2. The van der Waals surface area contributed by atoms with Crippen LogP contribution in [0.2, 0.25) is 0 Å². The number of hydrogen-bond acceptors (Lipinski definition) is 2. The molecule has 2 radical (unpaired) electrons. The van der Waals surface area contributed by atoms with Crippen LogP contribution < -0.4 is 10.2 Å². The maximum atomic E-state index is 13.8. The largest absolute Gasteiger partial charge is 0.366 e. The Kier molecular flexibility index (Phi) is 4.34. The molecule has 4 nitrogen and oxygen atoms in total. The first-order valence-electron chi connectivity index (χ1n) is 6.98. The van der Waals surface area contributed by atoms with E-state index < -0.39 is 38.6 Å². The van der Waals surface area contributed by atoms with E-state index in [4.69, 9.17) is 7.85 Å². The Balaban J connectivity index is 2.03. The first-order chi connectivity index (χ1) is 11.8. The van der Waals surface area contributed by atoms with E-state index in [0.29, 0.717) is 17.7 Å². The normalized spacial score (nSPS) is 11.5. The van der Waals surface area contributed by atoms with E-state index >= 15 is 0 Å². The van der Waals surface area contributed by atoms with Gasteiger partial charge in [0.25, 0.3) is 10.0 Å². The summed E-state index contributed by atoms with van der Waals surface area (Å²) >= 11 is 0. The lowest BCUT2D eigenvalue weighted by Crippen LogP contribution is -2.17. The zero-order valence-corrected chi connectivity index (χ0v) is 13.4. The molecule has 2 N–H and O–H groups in total. The van der Waals surface area contributed by atoms with E-state index in [-0.39, 0.29) is 10.5 Å². The molecule has 0 bridgehead atoms. The van der Waals surface area contributed by atoms with Crippen molar-refractivity contribution in [2.75, 3.05) is 4.72 Å². The number of rotatable bonds is 4. The van der Waals surface area contributed by atoms with Crippen LogP contribution in [0.4, 0.5) is 18.9 Å². The fourth-order valence-corrected chi connectivity index (χ4v) is 3.54. The number of aromatic amines is 1. The van der Waals surface area contributed by atoms with Gasteiger partial charge < -0.3 is 4.98 Å². The van der Waals surface area contributed by atoms with Crippen molar-refractivity contribution >= 4 is 29.0 Å². The summed E-state index contributed by atoms with van der Waals surface area (Å²) in [7, 11) is 0.964. The Labute approximate surface area is 143 Å². The van der Waals surface area contributed by atoms with Crippen LogP contribution in [0.15, 0.2) is 53.7 Å². The molecule has 0 fully saturated rings. The Hall–Kier alpha value is -2.68. The number of aromatic nitrogens is 1. The van der Waals surface area contributed by atoms with Crippen molar-refractivity contribution in [2.24, 2.45) is 0 Å². The highest BCUT2D eigenvalue weighted by Crippen LogP contribution is 2.29. The molecule has 3 rings (SSSR count). The van der Waals surface area contributed by atoms with E-state index in [1.165, 1.54) is 24.4 Å². The van der Waals surface area contributed by atoms with Crippen molar-refractivity contribution in [1.82, 2.24) is 4.98 Å². The maximum Gasteiger partial charge on any atom is 0.264 e. The van der Waals surface area contributed by atoms with Crippen LogP contribution >= 0.6 is 0 Å². The molecule has 1 aromatic heterocycles. The molecular formula is C16H10BF3N2O2S. The van der Waals surface area contributed by atoms with E-state index in [1.54, 1.807) is 0 Å². The van der Waals surface area contributed by atoms with Crippen molar-refractivity contribution < 1.29 is 21.6 Å². The van der Waals surface area contributed by atoms with Gasteiger partial charge in [-0.15, -0.1) is 0 Å². The van der Waals surface area contributed by atoms with Gasteiger partial charge in [0.1, 0.15) is 30.2 Å². The van der Waals surface area contributed by atoms with Crippen molar-refractivity contribution in [3.05, 3.63) is 66.2 Å². The van der Waals surface area contributed by atoms with Crippen LogP contribution in [-0.2, 0) is 10.0 Å². The lowest BCUT2D eigenvalue weighted by molar-refractivity contribution is 0.596. The third kappa shape index (κ3) is 3.41. The molecule has 0 aliphatic carbocycles. The smallest absolute Gasteiger partial charge is 0.264 e. The van der Waals surface area contributed by atoms with E-state index in [0.717, 1.165) is 12.3 Å². The van der Waals surface area contributed by atoms with Crippen LogP contribution in [-0.4, -0.2) is 21.2 Å². The van der Waals surface area contributed by atoms with E-state index in [2.05, 4.69) is 4.98 Å². The molecule has 2 aromatic carbocycles. The van der Waals surface area contributed by atoms with Gasteiger partial charge in [-0.25, -0.2) is 21.6 Å². The standard InChI is InChI=1S/C16H10BF3N2O2S/c17-12-5-14(20)15(6-13(12)19)22-25(23,24)16-8-21-7-11(16)9-2-1-3-10(18)4-9/h1-8,21-22H. The Morgan fingerprint density at radius 3 is 2.48 bits per heavy atom.